The molecule has 0 aliphatic rings. The lowest BCUT2D eigenvalue weighted by Gasteiger charge is -2.04. The summed E-state index contributed by atoms with van der Waals surface area (Å²) in [4.78, 5) is 14.7. The first-order chi connectivity index (χ1) is 9.11. The summed E-state index contributed by atoms with van der Waals surface area (Å²) in [6.07, 6.45) is 1.57. The van der Waals surface area contributed by atoms with Gasteiger partial charge in [-0.15, -0.1) is 5.10 Å². The molecular formula is C10H8N6O2S. The van der Waals surface area contributed by atoms with E-state index in [1.807, 2.05) is 0 Å². The van der Waals surface area contributed by atoms with Crippen LogP contribution in [0.25, 0.3) is 0 Å². The summed E-state index contributed by atoms with van der Waals surface area (Å²) >= 11 is 1.06. The molecule has 8 nitrogen and oxygen atoms in total. The lowest BCUT2D eigenvalue weighted by Crippen LogP contribution is -2.11. The van der Waals surface area contributed by atoms with Crippen LogP contribution in [0.3, 0.4) is 0 Å². The molecule has 2 aromatic heterocycles. The number of tetrazole rings is 1. The normalized spacial score (nSPS) is 10.1. The molecule has 2 rings (SSSR count). The van der Waals surface area contributed by atoms with Crippen molar-refractivity contribution in [1.29, 1.82) is 5.26 Å². The molecule has 0 amide bonds. The number of nitriles is 1. The van der Waals surface area contributed by atoms with Gasteiger partial charge in [-0.1, -0.05) is 0 Å². The standard InChI is InChI=1S/C10H8N6O2S/c1-6-2-3-12-9(7(6)4-11)19-10-13-14-15-16(10)5-8(17)18/h2-3H,5H2,1H3,(H,17,18). The fraction of sp³-hybridized carbons (Fsp3) is 0.200. The number of aliphatic carboxylic acids is 1. The van der Waals surface area contributed by atoms with E-state index in [1.165, 1.54) is 0 Å². The van der Waals surface area contributed by atoms with Crippen LogP contribution in [0.5, 0.6) is 0 Å². The van der Waals surface area contributed by atoms with Crippen molar-refractivity contribution in [3.05, 3.63) is 23.4 Å². The van der Waals surface area contributed by atoms with E-state index in [4.69, 9.17) is 10.4 Å². The smallest absolute Gasteiger partial charge is 0.325 e. The van der Waals surface area contributed by atoms with Gasteiger partial charge >= 0.3 is 5.97 Å². The monoisotopic (exact) mass is 276 g/mol. The topological polar surface area (TPSA) is 118 Å². The molecule has 2 aromatic rings. The largest absolute Gasteiger partial charge is 0.480 e. The Bertz CT molecular complexity index is 662. The fourth-order valence-corrected chi connectivity index (χ4v) is 2.21. The number of aryl methyl sites for hydroxylation is 1. The van der Waals surface area contributed by atoms with Crippen molar-refractivity contribution in [2.24, 2.45) is 0 Å². The zero-order chi connectivity index (χ0) is 13.8. The fourth-order valence-electron chi connectivity index (χ4n) is 1.33. The second-order valence-corrected chi connectivity index (χ2v) is 4.49. The summed E-state index contributed by atoms with van der Waals surface area (Å²) in [5.74, 6) is -1.05. The highest BCUT2D eigenvalue weighted by atomic mass is 32.2. The summed E-state index contributed by atoms with van der Waals surface area (Å²) in [7, 11) is 0. The van der Waals surface area contributed by atoms with Gasteiger partial charge in [0, 0.05) is 6.20 Å². The Morgan fingerprint density at radius 3 is 3.11 bits per heavy atom. The number of hydrogen-bond acceptors (Lipinski definition) is 7. The van der Waals surface area contributed by atoms with Crippen LogP contribution in [0, 0.1) is 18.3 Å². The van der Waals surface area contributed by atoms with Crippen LogP contribution in [0.2, 0.25) is 0 Å². The second kappa shape index (κ2) is 5.45. The summed E-state index contributed by atoms with van der Waals surface area (Å²) in [6, 6.07) is 3.78. The van der Waals surface area contributed by atoms with Crippen LogP contribution < -0.4 is 0 Å². The maximum Gasteiger partial charge on any atom is 0.325 e. The Morgan fingerprint density at radius 2 is 2.42 bits per heavy atom. The van der Waals surface area contributed by atoms with Gasteiger partial charge in [-0.2, -0.15) is 5.26 Å². The third-order valence-electron chi connectivity index (χ3n) is 2.21. The van der Waals surface area contributed by atoms with Crippen LogP contribution in [-0.4, -0.2) is 36.3 Å². The molecule has 0 aromatic carbocycles. The number of pyridine rings is 1. The van der Waals surface area contributed by atoms with Crippen molar-refractivity contribution >= 4 is 17.7 Å². The molecule has 19 heavy (non-hydrogen) atoms. The molecule has 0 aliphatic heterocycles. The van der Waals surface area contributed by atoms with Crippen molar-refractivity contribution in [3.63, 3.8) is 0 Å². The third kappa shape index (κ3) is 2.86. The molecule has 0 atom stereocenters. The Morgan fingerprint density at radius 1 is 1.63 bits per heavy atom. The van der Waals surface area contributed by atoms with Gasteiger partial charge in [-0.25, -0.2) is 9.67 Å². The van der Waals surface area contributed by atoms with E-state index in [-0.39, 0.29) is 11.7 Å². The average Bonchev–Trinajstić information content (AvgIpc) is 2.76. The summed E-state index contributed by atoms with van der Waals surface area (Å²) in [5.41, 5.74) is 1.22. The molecule has 0 saturated heterocycles. The van der Waals surface area contributed by atoms with Crippen LogP contribution in [-0.2, 0) is 11.3 Å². The van der Waals surface area contributed by atoms with E-state index in [9.17, 15) is 4.79 Å². The predicted molar refractivity (Wildman–Crippen MR) is 63.3 cm³/mol. The SMILES string of the molecule is Cc1ccnc(Sc2nnnn2CC(=O)O)c1C#N. The zero-order valence-electron chi connectivity index (χ0n) is 9.81. The van der Waals surface area contributed by atoms with E-state index in [0.717, 1.165) is 22.0 Å². The maximum absolute atomic E-state index is 10.7. The number of carbonyl (C=O) groups is 1. The minimum absolute atomic E-state index is 0.275. The summed E-state index contributed by atoms with van der Waals surface area (Å²) in [5, 5.41) is 29.2. The zero-order valence-corrected chi connectivity index (χ0v) is 10.6. The van der Waals surface area contributed by atoms with E-state index in [2.05, 4.69) is 26.6 Å². The molecule has 9 heteroatoms. The van der Waals surface area contributed by atoms with E-state index in [1.54, 1.807) is 19.2 Å². The van der Waals surface area contributed by atoms with Crippen LogP contribution in [0.15, 0.2) is 22.4 Å². The first kappa shape index (κ1) is 13.0. The number of rotatable bonds is 4. The van der Waals surface area contributed by atoms with Gasteiger partial charge < -0.3 is 5.11 Å². The van der Waals surface area contributed by atoms with Crippen LogP contribution in [0.4, 0.5) is 0 Å². The van der Waals surface area contributed by atoms with Crippen molar-refractivity contribution in [2.45, 2.75) is 23.7 Å². The highest BCUT2D eigenvalue weighted by Gasteiger charge is 2.15. The molecule has 1 N–H and O–H groups in total. The molecule has 0 radical (unpaired) electrons. The third-order valence-corrected chi connectivity index (χ3v) is 3.19. The van der Waals surface area contributed by atoms with Crippen molar-refractivity contribution in [2.75, 3.05) is 0 Å². The quantitative estimate of drug-likeness (QED) is 0.856. The minimum Gasteiger partial charge on any atom is -0.480 e. The predicted octanol–water partition coefficient (Wildman–Crippen LogP) is 0.484. The molecule has 0 spiro atoms. The van der Waals surface area contributed by atoms with Gasteiger partial charge in [0.25, 0.3) is 0 Å². The van der Waals surface area contributed by atoms with E-state index in [0.29, 0.717) is 10.6 Å². The Hall–Kier alpha value is -2.47. The Labute approximate surface area is 112 Å². The molecule has 0 unspecified atom stereocenters. The second-order valence-electron chi connectivity index (χ2n) is 3.53. The van der Waals surface area contributed by atoms with Gasteiger partial charge in [0.15, 0.2) is 0 Å². The van der Waals surface area contributed by atoms with Gasteiger partial charge in [0.1, 0.15) is 17.6 Å². The Kier molecular flexibility index (Phi) is 3.72. The number of carboxylic acid groups (broad SMARTS) is 1. The highest BCUT2D eigenvalue weighted by molar-refractivity contribution is 7.99. The van der Waals surface area contributed by atoms with Crippen LogP contribution in [0.1, 0.15) is 11.1 Å². The molecule has 0 aliphatic carbocycles. The molecule has 2 heterocycles. The lowest BCUT2D eigenvalue weighted by atomic mass is 10.2. The summed E-state index contributed by atoms with van der Waals surface area (Å²) < 4.78 is 1.14. The minimum atomic E-state index is -1.05. The van der Waals surface area contributed by atoms with E-state index >= 15 is 0 Å². The molecule has 0 fully saturated rings. The van der Waals surface area contributed by atoms with Gasteiger partial charge in [0.2, 0.25) is 5.16 Å². The number of nitrogens with zero attached hydrogens (tertiary/aromatic N) is 6. The molecule has 0 bridgehead atoms. The van der Waals surface area contributed by atoms with Crippen molar-refractivity contribution < 1.29 is 9.90 Å². The average molecular weight is 276 g/mol. The lowest BCUT2D eigenvalue weighted by molar-refractivity contribution is -0.138. The number of carboxylic acids is 1. The maximum atomic E-state index is 10.7. The molecular weight excluding hydrogens is 268 g/mol. The number of aromatic nitrogens is 5. The summed E-state index contributed by atoms with van der Waals surface area (Å²) in [6.45, 7) is 1.45. The highest BCUT2D eigenvalue weighted by Crippen LogP contribution is 2.27. The molecule has 0 saturated carbocycles. The van der Waals surface area contributed by atoms with Crippen molar-refractivity contribution in [1.82, 2.24) is 25.2 Å². The van der Waals surface area contributed by atoms with Crippen molar-refractivity contribution in [3.8, 4) is 6.07 Å². The number of hydrogen-bond donors (Lipinski definition) is 1. The first-order valence-electron chi connectivity index (χ1n) is 5.13. The molecule has 96 valence electrons. The van der Waals surface area contributed by atoms with Gasteiger partial charge in [-0.05, 0) is 40.7 Å². The van der Waals surface area contributed by atoms with Crippen LogP contribution >= 0.6 is 11.8 Å². The van der Waals surface area contributed by atoms with Gasteiger partial charge in [-0.3, -0.25) is 4.79 Å². The Balaban J connectivity index is 2.32. The van der Waals surface area contributed by atoms with Gasteiger partial charge in [0.05, 0.1) is 5.56 Å². The van der Waals surface area contributed by atoms with E-state index < -0.39 is 5.97 Å². The first-order valence-corrected chi connectivity index (χ1v) is 5.95.